The van der Waals surface area contributed by atoms with Crippen LogP contribution < -0.4 is 15.9 Å². The van der Waals surface area contributed by atoms with Crippen molar-refractivity contribution in [2.24, 2.45) is 0 Å². The van der Waals surface area contributed by atoms with E-state index >= 15 is 0 Å². The number of aryl methyl sites for hydroxylation is 2. The first kappa shape index (κ1) is 17.7. The molecule has 0 atom stereocenters. The van der Waals surface area contributed by atoms with Gasteiger partial charge in [0.05, 0.1) is 11.4 Å². The van der Waals surface area contributed by atoms with Crippen LogP contribution in [0.4, 0.5) is 10.1 Å². The Kier molecular flexibility index (Phi) is 4.06. The molecule has 4 aromatic rings. The lowest BCUT2D eigenvalue weighted by Gasteiger charge is -2.30. The Morgan fingerprint density at radius 2 is 1.83 bits per heavy atom. The molecule has 1 aliphatic rings. The summed E-state index contributed by atoms with van der Waals surface area (Å²) in [5.41, 5.74) is 3.44. The summed E-state index contributed by atoms with van der Waals surface area (Å²) in [5.74, 6) is -0.291. The van der Waals surface area contributed by atoms with Crippen molar-refractivity contribution < 1.29 is 4.39 Å². The van der Waals surface area contributed by atoms with Gasteiger partial charge < -0.3 is 14.6 Å². The van der Waals surface area contributed by atoms with E-state index < -0.39 is 11.5 Å². The van der Waals surface area contributed by atoms with Gasteiger partial charge in [0.25, 0.3) is 0 Å². The summed E-state index contributed by atoms with van der Waals surface area (Å²) < 4.78 is 17.5. The molecule has 1 N–H and O–H groups in total. The normalized spacial score (nSPS) is 14.8. The van der Waals surface area contributed by atoms with Crippen molar-refractivity contribution in [2.45, 2.75) is 13.8 Å². The molecule has 0 aliphatic carbocycles. The van der Waals surface area contributed by atoms with Crippen molar-refractivity contribution in [3.8, 4) is 11.4 Å². The Bertz CT molecular complexity index is 1300. The van der Waals surface area contributed by atoms with E-state index in [1.807, 2.05) is 13.0 Å². The molecule has 0 saturated carbocycles. The molecule has 148 valence electrons. The lowest BCUT2D eigenvalue weighted by molar-refractivity contribution is 0.587. The van der Waals surface area contributed by atoms with Gasteiger partial charge in [0, 0.05) is 50.3 Å². The summed E-state index contributed by atoms with van der Waals surface area (Å²) in [6.07, 6.45) is 5.20. The van der Waals surface area contributed by atoms with Crippen molar-refractivity contribution in [3.63, 3.8) is 0 Å². The number of halogens is 1. The van der Waals surface area contributed by atoms with Gasteiger partial charge in [0.2, 0.25) is 0 Å². The van der Waals surface area contributed by atoms with Gasteiger partial charge in [-0.3, -0.25) is 0 Å². The second-order valence-corrected chi connectivity index (χ2v) is 7.33. The molecule has 1 aliphatic heterocycles. The minimum atomic E-state index is -0.482. The molecule has 0 spiro atoms. The van der Waals surface area contributed by atoms with E-state index in [4.69, 9.17) is 0 Å². The average molecular weight is 393 g/mol. The number of imidazole rings is 1. The van der Waals surface area contributed by atoms with Gasteiger partial charge in [-0.25, -0.2) is 23.6 Å². The highest BCUT2D eigenvalue weighted by atomic mass is 19.1. The van der Waals surface area contributed by atoms with Crippen molar-refractivity contribution in [1.29, 1.82) is 0 Å². The number of hydrogen-bond donors (Lipinski definition) is 1. The van der Waals surface area contributed by atoms with Gasteiger partial charge in [-0.05, 0) is 31.5 Å². The minimum absolute atomic E-state index is 0.191. The van der Waals surface area contributed by atoms with Gasteiger partial charge in [-0.15, -0.1) is 0 Å². The third-order valence-corrected chi connectivity index (χ3v) is 5.22. The lowest BCUT2D eigenvalue weighted by atomic mass is 10.2. The number of aromatic nitrogens is 5. The summed E-state index contributed by atoms with van der Waals surface area (Å²) in [7, 11) is 0. The second kappa shape index (κ2) is 6.63. The highest BCUT2D eigenvalue weighted by molar-refractivity contribution is 5.63. The molecule has 9 heteroatoms. The van der Waals surface area contributed by atoms with Crippen LogP contribution in [0.5, 0.6) is 0 Å². The fourth-order valence-corrected chi connectivity index (χ4v) is 3.81. The maximum atomic E-state index is 14.5. The molecule has 1 fully saturated rings. The topological polar surface area (TPSA) is 79.8 Å². The van der Waals surface area contributed by atoms with Crippen LogP contribution in [-0.4, -0.2) is 49.9 Å². The predicted molar refractivity (Wildman–Crippen MR) is 108 cm³/mol. The molecule has 5 heterocycles. The maximum Gasteiger partial charge on any atom is 0.355 e. The van der Waals surface area contributed by atoms with Crippen molar-refractivity contribution in [3.05, 3.63) is 58.3 Å². The Morgan fingerprint density at radius 3 is 2.62 bits per heavy atom. The molecule has 8 nitrogen and oxygen atoms in total. The number of rotatable bonds is 2. The highest BCUT2D eigenvalue weighted by Gasteiger charge is 2.16. The van der Waals surface area contributed by atoms with E-state index in [-0.39, 0.29) is 11.5 Å². The molecular weight excluding hydrogens is 373 g/mol. The van der Waals surface area contributed by atoms with Crippen molar-refractivity contribution >= 4 is 17.0 Å². The largest absolute Gasteiger partial charge is 0.368 e. The molecule has 0 amide bonds. The van der Waals surface area contributed by atoms with E-state index in [1.165, 1.54) is 10.5 Å². The summed E-state index contributed by atoms with van der Waals surface area (Å²) in [6.45, 7) is 7.37. The smallest absolute Gasteiger partial charge is 0.355 e. The Hall–Kier alpha value is -3.33. The van der Waals surface area contributed by atoms with E-state index in [0.717, 1.165) is 37.4 Å². The van der Waals surface area contributed by atoms with Gasteiger partial charge in [0.15, 0.2) is 17.3 Å². The first-order chi connectivity index (χ1) is 14.0. The monoisotopic (exact) mass is 393 g/mol. The van der Waals surface area contributed by atoms with Crippen LogP contribution in [0, 0.1) is 19.7 Å². The zero-order valence-corrected chi connectivity index (χ0v) is 16.2. The first-order valence-corrected chi connectivity index (χ1v) is 9.51. The molecule has 1 saturated heterocycles. The van der Waals surface area contributed by atoms with Crippen molar-refractivity contribution in [2.75, 3.05) is 31.1 Å². The number of pyridine rings is 2. The van der Waals surface area contributed by atoms with Crippen LogP contribution in [0.15, 0.2) is 35.5 Å². The number of fused-ring (bicyclic) bond motifs is 2. The number of nitrogens with one attached hydrogen (secondary N) is 1. The second-order valence-electron chi connectivity index (χ2n) is 7.33. The summed E-state index contributed by atoms with van der Waals surface area (Å²) >= 11 is 0. The molecule has 29 heavy (non-hydrogen) atoms. The minimum Gasteiger partial charge on any atom is -0.368 e. The zero-order valence-electron chi connectivity index (χ0n) is 16.2. The van der Waals surface area contributed by atoms with Crippen LogP contribution >= 0.6 is 0 Å². The SMILES string of the molecule is Cc1cn2cc(-c3nc(=O)n4cc(N5CCNCC5)c(C)cc4n3)cc(F)c2n1. The lowest BCUT2D eigenvalue weighted by Crippen LogP contribution is -2.44. The van der Waals surface area contributed by atoms with E-state index in [9.17, 15) is 9.18 Å². The van der Waals surface area contributed by atoms with E-state index in [1.54, 1.807) is 29.9 Å². The van der Waals surface area contributed by atoms with Crippen molar-refractivity contribution in [1.82, 2.24) is 29.1 Å². The molecule has 5 rings (SSSR count). The van der Waals surface area contributed by atoms with Gasteiger partial charge in [0.1, 0.15) is 5.65 Å². The van der Waals surface area contributed by atoms with Crippen LogP contribution in [-0.2, 0) is 0 Å². The number of nitrogens with zero attached hydrogens (tertiary/aromatic N) is 6. The summed E-state index contributed by atoms with van der Waals surface area (Å²) in [4.78, 5) is 27.8. The van der Waals surface area contributed by atoms with Crippen LogP contribution in [0.3, 0.4) is 0 Å². The highest BCUT2D eigenvalue weighted by Crippen LogP contribution is 2.23. The number of piperazine rings is 1. The average Bonchev–Trinajstić information content (AvgIpc) is 3.09. The predicted octanol–water partition coefficient (Wildman–Crippen LogP) is 1.57. The summed E-state index contributed by atoms with van der Waals surface area (Å²) in [5, 5.41) is 3.32. The Labute approximate surface area is 165 Å². The van der Waals surface area contributed by atoms with Crippen LogP contribution in [0.25, 0.3) is 22.7 Å². The molecule has 4 aromatic heterocycles. The molecule has 0 radical (unpaired) electrons. The van der Waals surface area contributed by atoms with Gasteiger partial charge >= 0.3 is 5.69 Å². The van der Waals surface area contributed by atoms with E-state index in [2.05, 4.69) is 25.2 Å². The number of anilines is 1. The van der Waals surface area contributed by atoms with E-state index in [0.29, 0.717) is 16.9 Å². The fourth-order valence-electron chi connectivity index (χ4n) is 3.81. The van der Waals surface area contributed by atoms with Crippen LogP contribution in [0.1, 0.15) is 11.3 Å². The number of hydrogen-bond acceptors (Lipinski definition) is 6. The Morgan fingerprint density at radius 1 is 1.03 bits per heavy atom. The zero-order chi connectivity index (χ0) is 20.1. The van der Waals surface area contributed by atoms with Crippen LogP contribution in [0.2, 0.25) is 0 Å². The Balaban J connectivity index is 1.64. The molecular formula is C20H20FN7O. The quantitative estimate of drug-likeness (QED) is 0.557. The molecule has 0 bridgehead atoms. The molecule has 0 unspecified atom stereocenters. The third-order valence-electron chi connectivity index (χ3n) is 5.22. The third kappa shape index (κ3) is 3.03. The standard InChI is InChI=1S/C20H20FN7O/c1-12-7-17-24-18(14-8-15(21)19-23-13(2)9-27(19)10-14)25-20(29)28(17)11-16(12)26-5-3-22-4-6-26/h7-11,22H,3-6H2,1-2H3. The fraction of sp³-hybridized carbons (Fsp3) is 0.300. The summed E-state index contributed by atoms with van der Waals surface area (Å²) in [6, 6.07) is 3.19. The first-order valence-electron chi connectivity index (χ1n) is 9.51. The van der Waals surface area contributed by atoms with Gasteiger partial charge in [-0.2, -0.15) is 4.98 Å². The maximum absolute atomic E-state index is 14.5. The molecule has 0 aromatic carbocycles. The van der Waals surface area contributed by atoms with Gasteiger partial charge in [-0.1, -0.05) is 0 Å².